The summed E-state index contributed by atoms with van der Waals surface area (Å²) in [6.45, 7) is 3.95. The van der Waals surface area contributed by atoms with Gasteiger partial charge in [-0.2, -0.15) is 0 Å². The number of para-hydroxylation sites is 2. The quantitative estimate of drug-likeness (QED) is 0.908. The van der Waals surface area contributed by atoms with Gasteiger partial charge in [0.05, 0.1) is 11.9 Å². The fraction of sp³-hybridized carbons (Fsp3) is 0.500. The zero-order valence-electron chi connectivity index (χ0n) is 12.4. The van der Waals surface area contributed by atoms with E-state index in [1.165, 1.54) is 4.31 Å². The highest BCUT2D eigenvalue weighted by Crippen LogP contribution is 2.33. The Labute approximate surface area is 125 Å². The predicted octanol–water partition coefficient (Wildman–Crippen LogP) is 1.13. The Balaban J connectivity index is 2.33. The molecule has 1 atom stereocenters. The van der Waals surface area contributed by atoms with Gasteiger partial charge in [-0.25, -0.2) is 8.42 Å². The van der Waals surface area contributed by atoms with E-state index in [-0.39, 0.29) is 18.5 Å². The van der Waals surface area contributed by atoms with E-state index in [1.807, 2.05) is 13.8 Å². The van der Waals surface area contributed by atoms with Crippen molar-refractivity contribution < 1.29 is 17.9 Å². The van der Waals surface area contributed by atoms with Crippen LogP contribution in [-0.2, 0) is 14.8 Å². The van der Waals surface area contributed by atoms with E-state index in [9.17, 15) is 13.2 Å². The number of carbonyl (C=O) groups is 1. The minimum absolute atomic E-state index is 0.00519. The van der Waals surface area contributed by atoms with Crippen LogP contribution in [0.1, 0.15) is 20.3 Å². The SMILES string of the molecule is CC(C)NC(=O)C1CCN(S(C)(=O)=O)c2ccccc2O1. The van der Waals surface area contributed by atoms with Crippen molar-refractivity contribution in [1.82, 2.24) is 5.32 Å². The zero-order valence-corrected chi connectivity index (χ0v) is 13.2. The summed E-state index contributed by atoms with van der Waals surface area (Å²) in [5.41, 5.74) is 0.472. The molecule has 21 heavy (non-hydrogen) atoms. The van der Waals surface area contributed by atoms with Gasteiger partial charge in [0.1, 0.15) is 5.75 Å². The number of rotatable bonds is 3. The monoisotopic (exact) mass is 312 g/mol. The van der Waals surface area contributed by atoms with E-state index in [1.54, 1.807) is 24.3 Å². The molecule has 7 heteroatoms. The number of hydrogen-bond acceptors (Lipinski definition) is 4. The molecule has 1 heterocycles. The summed E-state index contributed by atoms with van der Waals surface area (Å²) < 4.78 is 30.9. The summed E-state index contributed by atoms with van der Waals surface area (Å²) in [4.78, 5) is 12.1. The molecule has 1 N–H and O–H groups in total. The highest BCUT2D eigenvalue weighted by molar-refractivity contribution is 7.92. The molecule has 0 radical (unpaired) electrons. The number of fused-ring (bicyclic) bond motifs is 1. The van der Waals surface area contributed by atoms with Gasteiger partial charge in [-0.15, -0.1) is 0 Å². The molecule has 116 valence electrons. The lowest BCUT2D eigenvalue weighted by atomic mass is 10.2. The lowest BCUT2D eigenvalue weighted by Gasteiger charge is -2.20. The first-order valence-electron chi connectivity index (χ1n) is 6.83. The summed E-state index contributed by atoms with van der Waals surface area (Å²) in [7, 11) is -3.41. The molecule has 0 aliphatic carbocycles. The molecule has 1 aliphatic rings. The second-order valence-electron chi connectivity index (χ2n) is 5.36. The van der Waals surface area contributed by atoms with Crippen LogP contribution in [0.25, 0.3) is 0 Å². The van der Waals surface area contributed by atoms with Crippen LogP contribution in [0.3, 0.4) is 0 Å². The first kappa shape index (κ1) is 15.6. The molecule has 0 saturated carbocycles. The Morgan fingerprint density at radius 3 is 2.67 bits per heavy atom. The van der Waals surface area contributed by atoms with Crippen molar-refractivity contribution in [2.75, 3.05) is 17.1 Å². The van der Waals surface area contributed by atoms with E-state index >= 15 is 0 Å². The summed E-state index contributed by atoms with van der Waals surface area (Å²) in [6.07, 6.45) is 0.763. The second-order valence-corrected chi connectivity index (χ2v) is 7.27. The lowest BCUT2D eigenvalue weighted by molar-refractivity contribution is -0.128. The van der Waals surface area contributed by atoms with Gasteiger partial charge < -0.3 is 10.1 Å². The van der Waals surface area contributed by atoms with Crippen LogP contribution in [-0.4, -0.2) is 39.3 Å². The normalized spacial score (nSPS) is 18.7. The first-order valence-corrected chi connectivity index (χ1v) is 8.67. The molecule has 2 rings (SSSR count). The third-order valence-electron chi connectivity index (χ3n) is 3.12. The molecule has 6 nitrogen and oxygen atoms in total. The van der Waals surface area contributed by atoms with Crippen LogP contribution in [0.4, 0.5) is 5.69 Å². The number of hydrogen-bond donors (Lipinski definition) is 1. The molecule has 1 aromatic rings. The van der Waals surface area contributed by atoms with Crippen molar-refractivity contribution in [3.63, 3.8) is 0 Å². The van der Waals surface area contributed by atoms with Crippen molar-refractivity contribution >= 4 is 21.6 Å². The Kier molecular flexibility index (Phi) is 4.41. The highest BCUT2D eigenvalue weighted by atomic mass is 32.2. The molecular formula is C14H20N2O4S. The lowest BCUT2D eigenvalue weighted by Crippen LogP contribution is -2.42. The van der Waals surface area contributed by atoms with Gasteiger partial charge in [0.15, 0.2) is 6.10 Å². The largest absolute Gasteiger partial charge is 0.478 e. The fourth-order valence-corrected chi connectivity index (χ4v) is 3.18. The third kappa shape index (κ3) is 3.66. The summed E-state index contributed by atoms with van der Waals surface area (Å²) in [5.74, 6) is 0.180. The number of sulfonamides is 1. The van der Waals surface area contributed by atoms with Gasteiger partial charge in [0.25, 0.3) is 5.91 Å². The maximum Gasteiger partial charge on any atom is 0.261 e. The van der Waals surface area contributed by atoms with Gasteiger partial charge >= 0.3 is 0 Å². The van der Waals surface area contributed by atoms with Crippen molar-refractivity contribution in [3.05, 3.63) is 24.3 Å². The first-order chi connectivity index (χ1) is 9.79. The van der Waals surface area contributed by atoms with Crippen molar-refractivity contribution in [2.24, 2.45) is 0 Å². The average molecular weight is 312 g/mol. The van der Waals surface area contributed by atoms with Crippen LogP contribution >= 0.6 is 0 Å². The third-order valence-corrected chi connectivity index (χ3v) is 4.30. The van der Waals surface area contributed by atoms with Crippen LogP contribution in [0.5, 0.6) is 5.75 Å². The molecule has 0 bridgehead atoms. The van der Waals surface area contributed by atoms with Crippen LogP contribution in [0.2, 0.25) is 0 Å². The molecule has 0 aromatic heterocycles. The van der Waals surface area contributed by atoms with Gasteiger partial charge in [-0.1, -0.05) is 12.1 Å². The van der Waals surface area contributed by atoms with E-state index < -0.39 is 16.1 Å². The molecular weight excluding hydrogens is 292 g/mol. The molecule has 1 aliphatic heterocycles. The Hall–Kier alpha value is -1.76. The maximum absolute atomic E-state index is 12.1. The average Bonchev–Trinajstić information content (AvgIpc) is 2.56. The minimum Gasteiger partial charge on any atom is -0.478 e. The highest BCUT2D eigenvalue weighted by Gasteiger charge is 2.30. The number of nitrogens with zero attached hydrogens (tertiary/aromatic N) is 1. The van der Waals surface area contributed by atoms with E-state index in [0.29, 0.717) is 17.9 Å². The topological polar surface area (TPSA) is 75.7 Å². The van der Waals surface area contributed by atoms with Crippen molar-refractivity contribution in [1.29, 1.82) is 0 Å². The van der Waals surface area contributed by atoms with Gasteiger partial charge in [-0.05, 0) is 26.0 Å². The number of amides is 1. The van der Waals surface area contributed by atoms with Gasteiger partial charge in [0, 0.05) is 19.0 Å². The predicted molar refractivity (Wildman–Crippen MR) is 80.9 cm³/mol. The summed E-state index contributed by atoms with van der Waals surface area (Å²) in [5, 5.41) is 2.79. The van der Waals surface area contributed by atoms with Crippen LogP contribution in [0, 0.1) is 0 Å². The molecule has 1 aromatic carbocycles. The summed E-state index contributed by atoms with van der Waals surface area (Å²) in [6, 6.07) is 6.86. The Morgan fingerprint density at radius 1 is 1.38 bits per heavy atom. The number of anilines is 1. The fourth-order valence-electron chi connectivity index (χ4n) is 2.24. The Morgan fingerprint density at radius 2 is 2.05 bits per heavy atom. The van der Waals surface area contributed by atoms with Crippen LogP contribution < -0.4 is 14.4 Å². The standard InChI is InChI=1S/C14H20N2O4S/c1-10(2)15-14(17)13-8-9-16(21(3,18)19)11-6-4-5-7-12(11)20-13/h4-7,10,13H,8-9H2,1-3H3,(H,15,17). The smallest absolute Gasteiger partial charge is 0.261 e. The van der Waals surface area contributed by atoms with E-state index in [0.717, 1.165) is 6.26 Å². The Bertz CT molecular complexity index is 628. The van der Waals surface area contributed by atoms with Crippen molar-refractivity contribution in [2.45, 2.75) is 32.4 Å². The van der Waals surface area contributed by atoms with Gasteiger partial charge in [-0.3, -0.25) is 9.10 Å². The number of carbonyl (C=O) groups excluding carboxylic acids is 1. The maximum atomic E-state index is 12.1. The van der Waals surface area contributed by atoms with E-state index in [4.69, 9.17) is 4.74 Å². The molecule has 0 spiro atoms. The number of benzene rings is 1. The molecule has 1 unspecified atom stereocenters. The van der Waals surface area contributed by atoms with Crippen LogP contribution in [0.15, 0.2) is 24.3 Å². The number of nitrogens with one attached hydrogen (secondary N) is 1. The van der Waals surface area contributed by atoms with Gasteiger partial charge in [0.2, 0.25) is 10.0 Å². The molecule has 1 amide bonds. The molecule has 0 saturated heterocycles. The van der Waals surface area contributed by atoms with Crippen molar-refractivity contribution in [3.8, 4) is 5.75 Å². The zero-order chi connectivity index (χ0) is 15.6. The van der Waals surface area contributed by atoms with E-state index in [2.05, 4.69) is 5.32 Å². The minimum atomic E-state index is -3.41. The summed E-state index contributed by atoms with van der Waals surface area (Å²) >= 11 is 0. The number of ether oxygens (including phenoxy) is 1. The molecule has 0 fully saturated rings. The second kappa shape index (κ2) is 5.93.